The quantitative estimate of drug-likeness (QED) is 0.320. The Morgan fingerprint density at radius 1 is 1.23 bits per heavy atom. The highest BCUT2D eigenvalue weighted by Gasteiger charge is 2.20. The van der Waals surface area contributed by atoms with Crippen LogP contribution in [0.1, 0.15) is 20.8 Å². The Bertz CT molecular complexity index is 1180. The number of halogens is 2. The van der Waals surface area contributed by atoms with Gasteiger partial charge in [0.25, 0.3) is 0 Å². The van der Waals surface area contributed by atoms with Crippen LogP contribution in [0.25, 0.3) is 21.8 Å². The Balaban J connectivity index is 2.12. The fraction of sp³-hybridized carbons (Fsp3) is 0.227. The lowest BCUT2D eigenvalue weighted by molar-refractivity contribution is 0.0635. The van der Waals surface area contributed by atoms with Gasteiger partial charge in [-0.15, -0.1) is 5.10 Å². The molecule has 0 atom stereocenters. The van der Waals surface area contributed by atoms with E-state index in [1.54, 1.807) is 44.7 Å². The number of nitrogens with one attached hydrogen (secondary N) is 1. The number of anilines is 1. The number of amides is 1. The number of carbonyl (C=O) groups excluding carboxylic acids is 1. The van der Waals surface area contributed by atoms with Crippen LogP contribution < -0.4 is 10.1 Å². The molecule has 31 heavy (non-hydrogen) atoms. The molecule has 0 radical (unpaired) electrons. The summed E-state index contributed by atoms with van der Waals surface area (Å²) in [5, 5.41) is 7.08. The third-order valence-electron chi connectivity index (χ3n) is 4.07. The Kier molecular flexibility index (Phi) is 6.50. The Morgan fingerprint density at radius 2 is 1.97 bits per heavy atom. The minimum atomic E-state index is -0.673. The molecule has 1 N–H and O–H groups in total. The molecule has 0 aliphatic carbocycles. The van der Waals surface area contributed by atoms with Crippen LogP contribution in [-0.2, 0) is 4.74 Å². The van der Waals surface area contributed by atoms with Gasteiger partial charge >= 0.3 is 6.09 Å². The average Bonchev–Trinajstić information content (AvgIpc) is 3.09. The Morgan fingerprint density at radius 3 is 2.58 bits per heavy atom. The normalized spacial score (nSPS) is 11.0. The van der Waals surface area contributed by atoms with Gasteiger partial charge in [-0.3, -0.25) is 5.32 Å². The van der Waals surface area contributed by atoms with E-state index in [0.717, 1.165) is 3.57 Å². The number of hydrogen-bond donors (Lipinski definition) is 1. The Hall–Kier alpha value is -3.13. The van der Waals surface area contributed by atoms with Crippen molar-refractivity contribution in [3.8, 4) is 22.7 Å². The van der Waals surface area contributed by atoms with Crippen LogP contribution in [0.15, 0.2) is 42.5 Å². The highest BCUT2D eigenvalue weighted by atomic mass is 127. The van der Waals surface area contributed by atoms with E-state index in [-0.39, 0.29) is 11.5 Å². The van der Waals surface area contributed by atoms with Crippen molar-refractivity contribution in [1.29, 1.82) is 0 Å². The molecule has 9 heteroatoms. The topological polar surface area (TPSA) is 69.7 Å². The summed E-state index contributed by atoms with van der Waals surface area (Å²) in [6, 6.07) is 11.4. The molecule has 160 valence electrons. The minimum Gasteiger partial charge on any atom is -0.494 e. The second-order valence-corrected chi connectivity index (χ2v) is 8.79. The molecule has 1 amide bonds. The lowest BCUT2D eigenvalue weighted by Gasteiger charge is -2.19. The molecule has 0 saturated heterocycles. The Labute approximate surface area is 193 Å². The van der Waals surface area contributed by atoms with E-state index in [1.807, 2.05) is 18.2 Å². The molecule has 0 bridgehead atoms. The summed E-state index contributed by atoms with van der Waals surface area (Å²) in [4.78, 5) is 15.4. The highest BCUT2D eigenvalue weighted by molar-refractivity contribution is 14.1. The first-order valence-corrected chi connectivity index (χ1v) is 10.3. The SMILES string of the molecule is [C-]#[N+]c1ccc(-c2cc(NC(=O)OC(C)(C)C)nn2-c2ccc(I)cc2OC)cc1F. The molecule has 0 aliphatic rings. The fourth-order valence-electron chi connectivity index (χ4n) is 2.82. The maximum absolute atomic E-state index is 14.3. The monoisotopic (exact) mass is 534 g/mol. The average molecular weight is 534 g/mol. The predicted octanol–water partition coefficient (Wildman–Crippen LogP) is 6.19. The second-order valence-electron chi connectivity index (χ2n) is 7.55. The smallest absolute Gasteiger partial charge is 0.413 e. The van der Waals surface area contributed by atoms with Gasteiger partial charge in [0.1, 0.15) is 22.9 Å². The number of benzene rings is 2. The van der Waals surface area contributed by atoms with E-state index in [0.29, 0.717) is 22.7 Å². The van der Waals surface area contributed by atoms with Gasteiger partial charge < -0.3 is 9.47 Å². The van der Waals surface area contributed by atoms with E-state index in [9.17, 15) is 9.18 Å². The van der Waals surface area contributed by atoms with Crippen molar-refractivity contribution in [3.63, 3.8) is 0 Å². The van der Waals surface area contributed by atoms with Gasteiger partial charge in [0.15, 0.2) is 5.82 Å². The summed E-state index contributed by atoms with van der Waals surface area (Å²) in [7, 11) is 1.54. The molecular weight excluding hydrogens is 514 g/mol. The lowest BCUT2D eigenvalue weighted by atomic mass is 10.1. The fourth-order valence-corrected chi connectivity index (χ4v) is 3.29. The number of rotatable bonds is 4. The molecule has 3 aromatic rings. The van der Waals surface area contributed by atoms with Crippen molar-refractivity contribution in [1.82, 2.24) is 9.78 Å². The van der Waals surface area contributed by atoms with E-state index in [2.05, 4.69) is 37.9 Å². The van der Waals surface area contributed by atoms with Gasteiger partial charge in [-0.2, -0.15) is 0 Å². The molecule has 0 unspecified atom stereocenters. The number of nitrogens with zero attached hydrogens (tertiary/aromatic N) is 3. The molecule has 0 aliphatic heterocycles. The molecule has 0 spiro atoms. The molecule has 0 fully saturated rings. The third kappa shape index (κ3) is 5.32. The third-order valence-corrected chi connectivity index (χ3v) is 4.74. The highest BCUT2D eigenvalue weighted by Crippen LogP contribution is 2.33. The van der Waals surface area contributed by atoms with Crippen LogP contribution in [-0.4, -0.2) is 28.6 Å². The van der Waals surface area contributed by atoms with Crippen molar-refractivity contribution in [2.45, 2.75) is 26.4 Å². The van der Waals surface area contributed by atoms with Gasteiger partial charge in [-0.05, 0) is 67.6 Å². The number of hydrogen-bond acceptors (Lipinski definition) is 4. The maximum Gasteiger partial charge on any atom is 0.413 e. The second kappa shape index (κ2) is 8.93. The number of carbonyl (C=O) groups is 1. The molecule has 1 aromatic heterocycles. The van der Waals surface area contributed by atoms with Crippen LogP contribution in [0, 0.1) is 16.0 Å². The molecule has 1 heterocycles. The largest absolute Gasteiger partial charge is 0.494 e. The lowest BCUT2D eigenvalue weighted by Crippen LogP contribution is -2.27. The van der Waals surface area contributed by atoms with Crippen molar-refractivity contribution in [2.24, 2.45) is 0 Å². The number of aromatic nitrogens is 2. The van der Waals surface area contributed by atoms with Gasteiger partial charge in [0, 0.05) is 15.2 Å². The van der Waals surface area contributed by atoms with Crippen molar-refractivity contribution < 1.29 is 18.7 Å². The summed E-state index contributed by atoms with van der Waals surface area (Å²) >= 11 is 2.17. The van der Waals surface area contributed by atoms with Crippen molar-refractivity contribution >= 4 is 40.2 Å². The van der Waals surface area contributed by atoms with E-state index >= 15 is 0 Å². The van der Waals surface area contributed by atoms with Crippen LogP contribution in [0.5, 0.6) is 5.75 Å². The minimum absolute atomic E-state index is 0.0752. The molecule has 2 aromatic carbocycles. The van der Waals surface area contributed by atoms with Gasteiger partial charge in [-0.1, -0.05) is 12.1 Å². The standard InChI is InChI=1S/C22H20FIN4O3/c1-22(2,3)31-21(29)26-20-12-18(13-6-8-16(25-4)15(23)10-13)28(27-20)17-9-7-14(24)11-19(17)30-5/h6-12H,1-3,5H3,(H,26,27,29). The molecule has 0 saturated carbocycles. The molecular formula is C22H20FIN4O3. The number of ether oxygens (including phenoxy) is 2. The summed E-state index contributed by atoms with van der Waals surface area (Å²) in [5.74, 6) is 0.134. The van der Waals surface area contributed by atoms with Crippen LogP contribution in [0.4, 0.5) is 20.7 Å². The summed E-state index contributed by atoms with van der Waals surface area (Å²) in [6.07, 6.45) is -0.659. The zero-order chi connectivity index (χ0) is 22.8. The predicted molar refractivity (Wildman–Crippen MR) is 124 cm³/mol. The van der Waals surface area contributed by atoms with E-state index < -0.39 is 17.5 Å². The van der Waals surface area contributed by atoms with Crippen molar-refractivity contribution in [2.75, 3.05) is 12.4 Å². The number of methoxy groups -OCH3 is 1. The first-order valence-electron chi connectivity index (χ1n) is 9.22. The first kappa shape index (κ1) is 22.6. The van der Waals surface area contributed by atoms with E-state index in [4.69, 9.17) is 16.0 Å². The first-order chi connectivity index (χ1) is 14.6. The van der Waals surface area contributed by atoms with Gasteiger partial charge in [0.2, 0.25) is 5.69 Å². The van der Waals surface area contributed by atoms with Gasteiger partial charge in [0.05, 0.1) is 19.4 Å². The van der Waals surface area contributed by atoms with Crippen LogP contribution in [0.2, 0.25) is 0 Å². The van der Waals surface area contributed by atoms with Crippen LogP contribution >= 0.6 is 22.6 Å². The van der Waals surface area contributed by atoms with Gasteiger partial charge in [-0.25, -0.2) is 18.7 Å². The van der Waals surface area contributed by atoms with Crippen molar-refractivity contribution in [3.05, 3.63) is 63.3 Å². The summed E-state index contributed by atoms with van der Waals surface area (Å²) in [5.41, 5.74) is 0.836. The molecule has 3 rings (SSSR count). The zero-order valence-electron chi connectivity index (χ0n) is 17.4. The van der Waals surface area contributed by atoms with Crippen LogP contribution in [0.3, 0.4) is 0 Å². The summed E-state index contributed by atoms with van der Waals surface area (Å²) < 4.78 is 27.6. The maximum atomic E-state index is 14.3. The summed E-state index contributed by atoms with van der Waals surface area (Å²) in [6.45, 7) is 12.3. The molecule has 7 nitrogen and oxygen atoms in total. The zero-order valence-corrected chi connectivity index (χ0v) is 19.5. The van der Waals surface area contributed by atoms with E-state index in [1.165, 1.54) is 12.1 Å².